The number of carbonyl (C=O) groups is 3. The first-order chi connectivity index (χ1) is 15.8. The number of benzene rings is 1. The van der Waals surface area contributed by atoms with E-state index in [1.165, 1.54) is 14.0 Å². The van der Waals surface area contributed by atoms with Crippen molar-refractivity contribution in [3.8, 4) is 17.6 Å². The Kier molecular flexibility index (Phi) is 8.32. The van der Waals surface area contributed by atoms with Crippen LogP contribution in [0.3, 0.4) is 0 Å². The van der Waals surface area contributed by atoms with Gasteiger partial charge in [-0.25, -0.2) is 0 Å². The molecule has 0 N–H and O–H groups in total. The Morgan fingerprint density at radius 2 is 2.09 bits per heavy atom. The lowest BCUT2D eigenvalue weighted by molar-refractivity contribution is -0.144. The number of hydrogen-bond acceptors (Lipinski definition) is 6. The highest BCUT2D eigenvalue weighted by Gasteiger charge is 2.48. The van der Waals surface area contributed by atoms with Gasteiger partial charge in [0.05, 0.1) is 7.11 Å². The Labute approximate surface area is 195 Å². The van der Waals surface area contributed by atoms with Gasteiger partial charge in [0.15, 0.2) is 0 Å². The van der Waals surface area contributed by atoms with E-state index in [1.807, 2.05) is 31.2 Å². The van der Waals surface area contributed by atoms with Crippen molar-refractivity contribution < 1.29 is 28.6 Å². The van der Waals surface area contributed by atoms with Crippen molar-refractivity contribution in [2.45, 2.75) is 77.4 Å². The molecule has 0 radical (unpaired) electrons. The van der Waals surface area contributed by atoms with Crippen molar-refractivity contribution in [3.05, 3.63) is 41.0 Å². The molecule has 1 aromatic rings. The molecule has 4 atom stereocenters. The minimum atomic E-state index is -0.396. The molecule has 2 aliphatic rings. The molecule has 0 bridgehead atoms. The number of fused-ring (bicyclic) bond motifs is 3. The first kappa shape index (κ1) is 24.6. The average molecular weight is 453 g/mol. The van der Waals surface area contributed by atoms with Gasteiger partial charge in [0.2, 0.25) is 0 Å². The van der Waals surface area contributed by atoms with Crippen molar-refractivity contribution in [2.75, 3.05) is 7.11 Å². The van der Waals surface area contributed by atoms with E-state index in [2.05, 4.69) is 11.8 Å². The number of methoxy groups -OCH3 is 1. The predicted molar refractivity (Wildman–Crippen MR) is 124 cm³/mol. The van der Waals surface area contributed by atoms with Crippen LogP contribution >= 0.6 is 0 Å². The SMILES string of the molecule is CC#CCC(C)C(=O)CC=C1[C@H](OC(C)=O)C[C@@H]2Oc3c(CCCC(=O)OC)cccc3[C@H]12. The van der Waals surface area contributed by atoms with Crippen LogP contribution in [0.1, 0.15) is 69.9 Å². The van der Waals surface area contributed by atoms with Gasteiger partial charge in [-0.2, -0.15) is 0 Å². The second-order valence-corrected chi connectivity index (χ2v) is 8.64. The third-order valence-electron chi connectivity index (χ3n) is 6.32. The molecule has 0 amide bonds. The molecule has 0 saturated heterocycles. The molecular weight excluding hydrogens is 420 g/mol. The molecule has 1 saturated carbocycles. The standard InChI is InChI=1S/C27H32O6/c1-5-6-9-17(2)22(29)15-14-20-23(32-18(3)28)16-24-26(20)21-12-7-10-19(27(21)33-24)11-8-13-25(30)31-4/h7,10,12,14,17,23-24,26H,8-9,11,13,15-16H2,1-4H3/t17?,23-,24+,26+/m1/s1. The van der Waals surface area contributed by atoms with E-state index in [0.717, 1.165) is 22.4 Å². The van der Waals surface area contributed by atoms with Crippen molar-refractivity contribution in [1.82, 2.24) is 0 Å². The van der Waals surface area contributed by atoms with Crippen LogP contribution in [0.15, 0.2) is 29.8 Å². The second kappa shape index (κ2) is 11.2. The number of Topliss-reactive ketones (excluding diaryl/α,β-unsaturated/α-hetero) is 1. The molecule has 6 heteroatoms. The van der Waals surface area contributed by atoms with Crippen LogP contribution in [0.4, 0.5) is 0 Å². The highest BCUT2D eigenvalue weighted by atomic mass is 16.5. The Hall–Kier alpha value is -3.07. The van der Waals surface area contributed by atoms with Crippen molar-refractivity contribution >= 4 is 17.7 Å². The topological polar surface area (TPSA) is 78.9 Å². The lowest BCUT2D eigenvalue weighted by atomic mass is 9.89. The summed E-state index contributed by atoms with van der Waals surface area (Å²) >= 11 is 0. The van der Waals surface area contributed by atoms with Gasteiger partial charge in [0.25, 0.3) is 0 Å². The molecular formula is C27H32O6. The number of para-hydroxylation sites is 1. The molecule has 1 aliphatic heterocycles. The maximum atomic E-state index is 12.6. The van der Waals surface area contributed by atoms with Crippen LogP contribution in [-0.2, 0) is 30.3 Å². The number of ether oxygens (including phenoxy) is 3. The van der Waals surface area contributed by atoms with Crippen molar-refractivity contribution in [1.29, 1.82) is 0 Å². The summed E-state index contributed by atoms with van der Waals surface area (Å²) < 4.78 is 16.7. The van der Waals surface area contributed by atoms with Crippen LogP contribution in [-0.4, -0.2) is 37.0 Å². The Morgan fingerprint density at radius 3 is 2.79 bits per heavy atom. The highest BCUT2D eigenvalue weighted by Crippen LogP contribution is 2.52. The summed E-state index contributed by atoms with van der Waals surface area (Å²) in [5, 5.41) is 0. The molecule has 1 aliphatic carbocycles. The highest BCUT2D eigenvalue weighted by molar-refractivity contribution is 5.82. The van der Waals surface area contributed by atoms with Crippen LogP contribution in [0, 0.1) is 17.8 Å². The monoisotopic (exact) mass is 452 g/mol. The number of carbonyl (C=O) groups excluding carboxylic acids is 3. The van der Waals surface area contributed by atoms with Crippen molar-refractivity contribution in [3.63, 3.8) is 0 Å². The molecule has 1 unspecified atom stereocenters. The van der Waals surface area contributed by atoms with Crippen LogP contribution in [0.5, 0.6) is 5.75 Å². The van der Waals surface area contributed by atoms with E-state index >= 15 is 0 Å². The number of aryl methyl sites for hydroxylation is 1. The zero-order valence-electron chi connectivity index (χ0n) is 19.8. The third kappa shape index (κ3) is 5.84. The maximum absolute atomic E-state index is 12.6. The molecule has 33 heavy (non-hydrogen) atoms. The zero-order chi connectivity index (χ0) is 24.0. The fourth-order valence-corrected chi connectivity index (χ4v) is 4.62. The minimum absolute atomic E-state index is 0.0524. The lowest BCUT2D eigenvalue weighted by Crippen LogP contribution is -2.18. The first-order valence-electron chi connectivity index (χ1n) is 11.5. The molecule has 6 nitrogen and oxygen atoms in total. The predicted octanol–water partition coefficient (Wildman–Crippen LogP) is 4.30. The van der Waals surface area contributed by atoms with Gasteiger partial charge < -0.3 is 14.2 Å². The third-order valence-corrected chi connectivity index (χ3v) is 6.32. The second-order valence-electron chi connectivity index (χ2n) is 8.64. The van der Waals surface area contributed by atoms with Gasteiger partial charge in [0.1, 0.15) is 23.7 Å². The fraction of sp³-hybridized carbons (Fsp3) is 0.519. The first-order valence-corrected chi connectivity index (χ1v) is 11.5. The minimum Gasteiger partial charge on any atom is -0.489 e. The van der Waals surface area contributed by atoms with Crippen LogP contribution in [0.25, 0.3) is 0 Å². The molecule has 1 heterocycles. The summed E-state index contributed by atoms with van der Waals surface area (Å²) in [6, 6.07) is 6.05. The summed E-state index contributed by atoms with van der Waals surface area (Å²) in [6.07, 6.45) is 4.50. The van der Waals surface area contributed by atoms with Gasteiger partial charge in [-0.3, -0.25) is 14.4 Å². The Balaban J connectivity index is 1.82. The fourth-order valence-electron chi connectivity index (χ4n) is 4.62. The molecule has 0 spiro atoms. The smallest absolute Gasteiger partial charge is 0.305 e. The van der Waals surface area contributed by atoms with Crippen LogP contribution in [0.2, 0.25) is 0 Å². The number of allylic oxidation sites excluding steroid dienone is 1. The van der Waals surface area contributed by atoms with Crippen molar-refractivity contribution in [2.24, 2.45) is 5.92 Å². The normalized spacial score (nSPS) is 22.4. The molecule has 1 aromatic carbocycles. The molecule has 1 fully saturated rings. The largest absolute Gasteiger partial charge is 0.489 e. The summed E-state index contributed by atoms with van der Waals surface area (Å²) in [6.45, 7) is 5.06. The van der Waals surface area contributed by atoms with Gasteiger partial charge >= 0.3 is 11.9 Å². The Bertz CT molecular complexity index is 996. The van der Waals surface area contributed by atoms with E-state index in [-0.39, 0.29) is 42.1 Å². The van der Waals surface area contributed by atoms with E-state index < -0.39 is 6.10 Å². The molecule has 0 aromatic heterocycles. The van der Waals surface area contributed by atoms with Gasteiger partial charge in [-0.05, 0) is 30.9 Å². The van der Waals surface area contributed by atoms with E-state index in [0.29, 0.717) is 32.1 Å². The van der Waals surface area contributed by atoms with E-state index in [9.17, 15) is 14.4 Å². The van der Waals surface area contributed by atoms with E-state index in [4.69, 9.17) is 14.2 Å². The molecule has 3 rings (SSSR count). The summed E-state index contributed by atoms with van der Waals surface area (Å²) in [7, 11) is 1.39. The Morgan fingerprint density at radius 1 is 1.30 bits per heavy atom. The van der Waals surface area contributed by atoms with Gasteiger partial charge in [-0.1, -0.05) is 31.2 Å². The summed E-state index contributed by atoms with van der Waals surface area (Å²) in [5.74, 6) is 6.00. The van der Waals surface area contributed by atoms with Crippen LogP contribution < -0.4 is 4.74 Å². The zero-order valence-corrected chi connectivity index (χ0v) is 19.8. The molecule has 176 valence electrons. The number of esters is 2. The summed E-state index contributed by atoms with van der Waals surface area (Å²) in [4.78, 5) is 35.8. The van der Waals surface area contributed by atoms with E-state index in [1.54, 1.807) is 6.92 Å². The lowest BCUT2D eigenvalue weighted by Gasteiger charge is -2.17. The maximum Gasteiger partial charge on any atom is 0.305 e. The quantitative estimate of drug-likeness (QED) is 0.316. The number of hydrogen-bond donors (Lipinski definition) is 0. The number of rotatable bonds is 9. The average Bonchev–Trinajstić information content (AvgIpc) is 3.31. The van der Waals surface area contributed by atoms with Gasteiger partial charge in [0, 0.05) is 50.0 Å². The summed E-state index contributed by atoms with van der Waals surface area (Å²) in [5.41, 5.74) is 3.04. The number of ketones is 1. The van der Waals surface area contributed by atoms with Gasteiger partial charge in [-0.15, -0.1) is 11.8 Å².